The summed E-state index contributed by atoms with van der Waals surface area (Å²) < 4.78 is 0. The number of nitrogens with one attached hydrogen (secondary N) is 1. The summed E-state index contributed by atoms with van der Waals surface area (Å²) in [5.74, 6) is 0. The van der Waals surface area contributed by atoms with Crippen LogP contribution in [0.5, 0.6) is 0 Å². The number of anilines is 1. The van der Waals surface area contributed by atoms with Crippen molar-refractivity contribution in [3.05, 3.63) is 33.9 Å². The van der Waals surface area contributed by atoms with E-state index in [1.54, 1.807) is 6.07 Å². The highest BCUT2D eigenvalue weighted by molar-refractivity contribution is 7.99. The number of benzene rings is 1. The largest absolute Gasteiger partial charge is 0.395 e. The quantitative estimate of drug-likeness (QED) is 0.520. The molecule has 2 atom stereocenters. The molecule has 19 heavy (non-hydrogen) atoms. The fourth-order valence-corrected chi connectivity index (χ4v) is 2.36. The third-order valence-electron chi connectivity index (χ3n) is 2.86. The highest BCUT2D eigenvalue weighted by Crippen LogP contribution is 2.27. The minimum absolute atomic E-state index is 0.0111. The number of aliphatic hydroxyl groups is 2. The molecule has 1 rings (SSSR count). The van der Waals surface area contributed by atoms with Gasteiger partial charge in [0.1, 0.15) is 5.69 Å². The molecule has 0 aliphatic rings. The maximum atomic E-state index is 11.0. The van der Waals surface area contributed by atoms with Gasteiger partial charge in [0.05, 0.1) is 18.1 Å². The van der Waals surface area contributed by atoms with Gasteiger partial charge in [-0.2, -0.15) is 11.8 Å². The van der Waals surface area contributed by atoms with E-state index >= 15 is 0 Å². The van der Waals surface area contributed by atoms with Crippen LogP contribution in [0.3, 0.4) is 0 Å². The topological polar surface area (TPSA) is 95.6 Å². The first-order valence-corrected chi connectivity index (χ1v) is 7.10. The van der Waals surface area contributed by atoms with Crippen LogP contribution in [0, 0.1) is 10.1 Å². The molecule has 1 aromatic carbocycles. The normalized spacial score (nSPS) is 13.9. The second-order valence-electron chi connectivity index (χ2n) is 4.16. The average molecular weight is 286 g/mol. The molecule has 0 aliphatic heterocycles. The van der Waals surface area contributed by atoms with Gasteiger partial charge in [-0.3, -0.25) is 10.1 Å². The summed E-state index contributed by atoms with van der Waals surface area (Å²) in [5.41, 5.74) is 0.920. The second-order valence-corrected chi connectivity index (χ2v) is 5.23. The van der Waals surface area contributed by atoms with Crippen molar-refractivity contribution >= 4 is 23.1 Å². The molecule has 0 amide bonds. The third kappa shape index (κ3) is 4.09. The van der Waals surface area contributed by atoms with Crippen LogP contribution in [0.25, 0.3) is 0 Å². The Kier molecular flexibility index (Phi) is 6.07. The van der Waals surface area contributed by atoms with Crippen molar-refractivity contribution < 1.29 is 15.1 Å². The lowest BCUT2D eigenvalue weighted by Gasteiger charge is -2.22. The lowest BCUT2D eigenvalue weighted by molar-refractivity contribution is -0.384. The molecule has 6 nitrogen and oxygen atoms in total. The molecule has 0 bridgehead atoms. The lowest BCUT2D eigenvalue weighted by atomic mass is 10.1. The number of hydrogen-bond donors (Lipinski definition) is 3. The first-order valence-electron chi connectivity index (χ1n) is 5.81. The van der Waals surface area contributed by atoms with Gasteiger partial charge in [-0.15, -0.1) is 0 Å². The maximum Gasteiger partial charge on any atom is 0.292 e. The molecule has 0 heterocycles. The Balaban J connectivity index is 3.00. The molecule has 0 saturated heterocycles. The summed E-state index contributed by atoms with van der Waals surface area (Å²) >= 11 is 1.49. The number of aliphatic hydroxyl groups excluding tert-OH is 2. The van der Waals surface area contributed by atoms with Crippen molar-refractivity contribution in [2.24, 2.45) is 0 Å². The highest BCUT2D eigenvalue weighted by Gasteiger charge is 2.20. The Morgan fingerprint density at radius 1 is 1.47 bits per heavy atom. The van der Waals surface area contributed by atoms with E-state index in [1.807, 2.05) is 13.2 Å². The van der Waals surface area contributed by atoms with E-state index in [9.17, 15) is 15.2 Å². The van der Waals surface area contributed by atoms with Crippen molar-refractivity contribution in [1.82, 2.24) is 0 Å². The molecule has 0 aromatic heterocycles. The van der Waals surface area contributed by atoms with Crippen LogP contribution in [0.1, 0.15) is 12.5 Å². The summed E-state index contributed by atoms with van der Waals surface area (Å²) in [4.78, 5) is 10.5. The molecule has 7 heteroatoms. The Bertz CT molecular complexity index is 438. The van der Waals surface area contributed by atoms with Crippen LogP contribution >= 0.6 is 11.8 Å². The summed E-state index contributed by atoms with van der Waals surface area (Å²) in [5, 5.41) is 32.2. The zero-order valence-electron chi connectivity index (χ0n) is 10.9. The fraction of sp³-hybridized carbons (Fsp3) is 0.500. The molecule has 106 valence electrons. The Morgan fingerprint density at radius 3 is 2.63 bits per heavy atom. The van der Waals surface area contributed by atoms with Crippen molar-refractivity contribution in [3.8, 4) is 0 Å². The van der Waals surface area contributed by atoms with Gasteiger partial charge in [-0.1, -0.05) is 0 Å². The molecular formula is C12H18N2O4S. The van der Waals surface area contributed by atoms with Crippen LogP contribution in [0.4, 0.5) is 11.4 Å². The summed E-state index contributed by atoms with van der Waals surface area (Å²) in [6, 6.07) is 4.32. The van der Waals surface area contributed by atoms with Crippen molar-refractivity contribution in [2.45, 2.75) is 24.8 Å². The Morgan fingerprint density at radius 2 is 2.16 bits per heavy atom. The average Bonchev–Trinajstić information content (AvgIpc) is 2.39. The van der Waals surface area contributed by atoms with Crippen LogP contribution in [-0.4, -0.2) is 39.3 Å². The van der Waals surface area contributed by atoms with Crippen molar-refractivity contribution in [1.29, 1.82) is 0 Å². The minimum atomic E-state index is -0.469. The molecule has 0 aliphatic carbocycles. The van der Waals surface area contributed by atoms with Crippen LogP contribution in [-0.2, 0) is 6.61 Å². The van der Waals surface area contributed by atoms with Crippen LogP contribution < -0.4 is 5.32 Å². The first kappa shape index (κ1) is 15.7. The lowest BCUT2D eigenvalue weighted by Crippen LogP contribution is -2.31. The van der Waals surface area contributed by atoms with Gasteiger partial charge in [0, 0.05) is 17.4 Å². The summed E-state index contributed by atoms with van der Waals surface area (Å²) in [6.07, 6.45) is 1.87. The molecule has 0 saturated carbocycles. The SMILES string of the molecule is CSC(CO)C(C)Nc1cc(CO)ccc1[N+](=O)[O-]. The maximum absolute atomic E-state index is 11.0. The smallest absolute Gasteiger partial charge is 0.292 e. The number of thioether (sulfide) groups is 1. The standard InChI is InChI=1S/C12H18N2O4S/c1-8(12(7-16)19-2)13-10-5-9(6-15)3-4-11(10)14(17)18/h3-5,8,12-13,15-16H,6-7H2,1-2H3. The predicted octanol–water partition coefficient (Wildman–Crippen LogP) is 1.61. The predicted molar refractivity (Wildman–Crippen MR) is 76.5 cm³/mol. The van der Waals surface area contributed by atoms with E-state index in [4.69, 9.17) is 5.11 Å². The minimum Gasteiger partial charge on any atom is -0.395 e. The molecule has 0 spiro atoms. The Labute approximate surface area is 116 Å². The summed E-state index contributed by atoms with van der Waals surface area (Å²) in [6.45, 7) is 1.67. The van der Waals surface area contributed by atoms with E-state index in [0.717, 1.165) is 0 Å². The Hall–Kier alpha value is -1.31. The zero-order chi connectivity index (χ0) is 14.4. The van der Waals surface area contributed by atoms with Gasteiger partial charge in [0.2, 0.25) is 0 Å². The molecular weight excluding hydrogens is 268 g/mol. The number of nitro groups is 1. The molecule has 1 aromatic rings. The fourth-order valence-electron chi connectivity index (χ4n) is 1.73. The van der Waals surface area contributed by atoms with Gasteiger partial charge < -0.3 is 15.5 Å². The number of nitro benzene ring substituents is 1. The first-order chi connectivity index (χ1) is 9.03. The van der Waals surface area contributed by atoms with Crippen LogP contribution in [0.15, 0.2) is 18.2 Å². The van der Waals surface area contributed by atoms with Gasteiger partial charge in [-0.05, 0) is 30.9 Å². The van der Waals surface area contributed by atoms with E-state index in [2.05, 4.69) is 5.32 Å². The van der Waals surface area contributed by atoms with E-state index in [-0.39, 0.29) is 30.2 Å². The van der Waals surface area contributed by atoms with Crippen molar-refractivity contribution in [2.75, 3.05) is 18.2 Å². The van der Waals surface area contributed by atoms with Crippen molar-refractivity contribution in [3.63, 3.8) is 0 Å². The summed E-state index contributed by atoms with van der Waals surface area (Å²) in [7, 11) is 0. The number of nitrogens with zero attached hydrogens (tertiary/aromatic N) is 1. The van der Waals surface area contributed by atoms with Gasteiger partial charge in [0.15, 0.2) is 0 Å². The van der Waals surface area contributed by atoms with E-state index < -0.39 is 4.92 Å². The van der Waals surface area contributed by atoms with Gasteiger partial charge in [0.25, 0.3) is 5.69 Å². The van der Waals surface area contributed by atoms with Gasteiger partial charge >= 0.3 is 0 Å². The molecule has 0 radical (unpaired) electrons. The van der Waals surface area contributed by atoms with E-state index in [0.29, 0.717) is 11.3 Å². The molecule has 0 fully saturated rings. The second kappa shape index (κ2) is 7.32. The number of hydrogen-bond acceptors (Lipinski definition) is 6. The van der Waals surface area contributed by atoms with Crippen LogP contribution in [0.2, 0.25) is 0 Å². The monoisotopic (exact) mass is 286 g/mol. The highest BCUT2D eigenvalue weighted by atomic mass is 32.2. The zero-order valence-corrected chi connectivity index (χ0v) is 11.7. The molecule has 2 unspecified atom stereocenters. The molecule has 3 N–H and O–H groups in total. The van der Waals surface area contributed by atoms with Gasteiger partial charge in [-0.25, -0.2) is 0 Å². The number of rotatable bonds is 7. The van der Waals surface area contributed by atoms with E-state index in [1.165, 1.54) is 23.9 Å². The third-order valence-corrected chi connectivity index (χ3v) is 4.03.